The van der Waals surface area contributed by atoms with Crippen LogP contribution in [-0.2, 0) is 0 Å². The van der Waals surface area contributed by atoms with E-state index in [2.05, 4.69) is 17.9 Å². The van der Waals surface area contributed by atoms with Crippen LogP contribution in [0.4, 0.5) is 5.69 Å². The van der Waals surface area contributed by atoms with Crippen molar-refractivity contribution in [1.82, 2.24) is 0 Å². The lowest BCUT2D eigenvalue weighted by molar-refractivity contribution is 0.101. The van der Waals surface area contributed by atoms with Crippen LogP contribution in [0.3, 0.4) is 0 Å². The van der Waals surface area contributed by atoms with Gasteiger partial charge in [-0.1, -0.05) is 13.3 Å². The Bertz CT molecular complexity index is 502. The fourth-order valence-corrected chi connectivity index (χ4v) is 2.55. The van der Waals surface area contributed by atoms with Crippen molar-refractivity contribution < 1.29 is 4.79 Å². The number of rotatable bonds is 3. The lowest BCUT2D eigenvalue weighted by Crippen LogP contribution is -2.21. The summed E-state index contributed by atoms with van der Waals surface area (Å²) in [6.45, 7) is 5.75. The third kappa shape index (κ3) is 2.38. The van der Waals surface area contributed by atoms with Gasteiger partial charge in [0.1, 0.15) is 0 Å². The second-order valence-electron chi connectivity index (χ2n) is 4.91. The highest BCUT2D eigenvalue weighted by molar-refractivity contribution is 6.00. The summed E-state index contributed by atoms with van der Waals surface area (Å²) in [5.74, 6) is 0.769. The quantitative estimate of drug-likeness (QED) is 0.765. The van der Waals surface area contributed by atoms with Crippen molar-refractivity contribution in [2.24, 2.45) is 5.92 Å². The minimum Gasteiger partial charge on any atom is -0.371 e. The molecule has 1 aromatic rings. The molecule has 1 heterocycles. The summed E-state index contributed by atoms with van der Waals surface area (Å²) < 4.78 is 0. The van der Waals surface area contributed by atoms with Crippen LogP contribution in [0.2, 0.25) is 0 Å². The van der Waals surface area contributed by atoms with E-state index in [9.17, 15) is 4.79 Å². The number of nitriles is 1. The summed E-state index contributed by atoms with van der Waals surface area (Å²) in [5, 5.41) is 8.98. The first-order chi connectivity index (χ1) is 8.65. The lowest BCUT2D eigenvalue weighted by atomic mass is 10.0. The Morgan fingerprint density at radius 3 is 2.89 bits per heavy atom. The Morgan fingerprint density at radius 2 is 2.33 bits per heavy atom. The van der Waals surface area contributed by atoms with E-state index in [0.717, 1.165) is 24.3 Å². The summed E-state index contributed by atoms with van der Waals surface area (Å²) >= 11 is 0. The molecule has 0 bridgehead atoms. The van der Waals surface area contributed by atoms with Gasteiger partial charge in [-0.15, -0.1) is 0 Å². The largest absolute Gasteiger partial charge is 0.371 e. The summed E-state index contributed by atoms with van der Waals surface area (Å²) in [4.78, 5) is 13.9. The molecule has 2 rings (SSSR count). The van der Waals surface area contributed by atoms with Crippen LogP contribution < -0.4 is 4.90 Å². The van der Waals surface area contributed by atoms with Crippen molar-refractivity contribution in [3.8, 4) is 6.07 Å². The van der Waals surface area contributed by atoms with Gasteiger partial charge in [0.15, 0.2) is 5.78 Å². The Hall–Kier alpha value is -1.82. The summed E-state index contributed by atoms with van der Waals surface area (Å²) in [6, 6.07) is 7.48. The van der Waals surface area contributed by atoms with E-state index in [1.807, 2.05) is 6.07 Å². The van der Waals surface area contributed by atoms with E-state index in [-0.39, 0.29) is 5.78 Å². The van der Waals surface area contributed by atoms with E-state index >= 15 is 0 Å². The first-order valence-corrected chi connectivity index (χ1v) is 6.45. The average Bonchev–Trinajstić information content (AvgIpc) is 2.86. The predicted octanol–water partition coefficient (Wildman–Crippen LogP) is 3.00. The van der Waals surface area contributed by atoms with Crippen molar-refractivity contribution in [3.63, 3.8) is 0 Å². The fraction of sp³-hybridized carbons (Fsp3) is 0.467. The summed E-state index contributed by atoms with van der Waals surface area (Å²) in [7, 11) is 0. The molecular weight excluding hydrogens is 224 g/mol. The van der Waals surface area contributed by atoms with Gasteiger partial charge < -0.3 is 4.90 Å². The SMILES string of the molecule is CCC1CCN(c2cc(C#N)ccc2C(C)=O)C1. The molecule has 0 saturated carbocycles. The van der Waals surface area contributed by atoms with Crippen molar-refractivity contribution in [2.75, 3.05) is 18.0 Å². The summed E-state index contributed by atoms with van der Waals surface area (Å²) in [5.41, 5.74) is 2.28. The zero-order valence-corrected chi connectivity index (χ0v) is 10.9. The molecule has 1 aliphatic rings. The van der Waals surface area contributed by atoms with Gasteiger partial charge in [0.05, 0.1) is 11.6 Å². The standard InChI is InChI=1S/C15H18N2O/c1-3-12-6-7-17(10-12)15-8-13(9-16)4-5-14(15)11(2)18/h4-5,8,12H,3,6-7,10H2,1-2H3. The zero-order chi connectivity index (χ0) is 13.1. The minimum absolute atomic E-state index is 0.0643. The number of carbonyl (C=O) groups is 1. The highest BCUT2D eigenvalue weighted by Gasteiger charge is 2.24. The number of benzene rings is 1. The van der Waals surface area contributed by atoms with Gasteiger partial charge in [0.2, 0.25) is 0 Å². The molecule has 1 saturated heterocycles. The smallest absolute Gasteiger partial charge is 0.161 e. The second-order valence-corrected chi connectivity index (χ2v) is 4.91. The Kier molecular flexibility index (Phi) is 3.66. The Balaban J connectivity index is 2.36. The molecule has 1 aromatic carbocycles. The molecule has 0 N–H and O–H groups in total. The number of anilines is 1. The number of ketones is 1. The van der Waals surface area contributed by atoms with Gasteiger partial charge in [-0.2, -0.15) is 5.26 Å². The molecule has 3 heteroatoms. The molecule has 3 nitrogen and oxygen atoms in total. The van der Waals surface area contributed by atoms with Crippen LogP contribution in [0, 0.1) is 17.2 Å². The fourth-order valence-electron chi connectivity index (χ4n) is 2.55. The third-order valence-corrected chi connectivity index (χ3v) is 3.71. The van der Waals surface area contributed by atoms with Crippen LogP contribution in [0.5, 0.6) is 0 Å². The molecule has 0 aromatic heterocycles. The Morgan fingerprint density at radius 1 is 1.56 bits per heavy atom. The molecule has 0 aliphatic carbocycles. The van der Waals surface area contributed by atoms with Crippen LogP contribution in [-0.4, -0.2) is 18.9 Å². The first-order valence-electron chi connectivity index (χ1n) is 6.45. The van der Waals surface area contributed by atoms with Gasteiger partial charge in [0, 0.05) is 24.3 Å². The molecular formula is C15H18N2O. The van der Waals surface area contributed by atoms with Crippen molar-refractivity contribution >= 4 is 11.5 Å². The van der Waals surface area contributed by atoms with Crippen molar-refractivity contribution in [3.05, 3.63) is 29.3 Å². The lowest BCUT2D eigenvalue weighted by Gasteiger charge is -2.21. The van der Waals surface area contributed by atoms with E-state index < -0.39 is 0 Å². The van der Waals surface area contributed by atoms with Crippen molar-refractivity contribution in [1.29, 1.82) is 5.26 Å². The van der Waals surface area contributed by atoms with E-state index in [1.165, 1.54) is 12.8 Å². The molecule has 0 radical (unpaired) electrons. The third-order valence-electron chi connectivity index (χ3n) is 3.71. The molecule has 1 aliphatic heterocycles. The van der Waals surface area contributed by atoms with Gasteiger partial charge >= 0.3 is 0 Å². The number of nitrogens with zero attached hydrogens (tertiary/aromatic N) is 2. The number of Topliss-reactive ketones (excluding diaryl/α,β-unsaturated/α-hetero) is 1. The number of carbonyl (C=O) groups excluding carboxylic acids is 1. The highest BCUT2D eigenvalue weighted by Crippen LogP contribution is 2.29. The molecule has 18 heavy (non-hydrogen) atoms. The average molecular weight is 242 g/mol. The Labute approximate surface area is 108 Å². The number of hydrogen-bond acceptors (Lipinski definition) is 3. The second kappa shape index (κ2) is 5.22. The molecule has 1 fully saturated rings. The van der Waals surface area contributed by atoms with Crippen LogP contribution in [0.15, 0.2) is 18.2 Å². The molecule has 0 spiro atoms. The number of hydrogen-bond donors (Lipinski definition) is 0. The van der Waals surface area contributed by atoms with E-state index in [4.69, 9.17) is 5.26 Å². The zero-order valence-electron chi connectivity index (χ0n) is 10.9. The highest BCUT2D eigenvalue weighted by atomic mass is 16.1. The topological polar surface area (TPSA) is 44.1 Å². The van der Waals surface area contributed by atoms with E-state index in [1.54, 1.807) is 19.1 Å². The molecule has 94 valence electrons. The maximum absolute atomic E-state index is 11.7. The minimum atomic E-state index is 0.0643. The molecule has 1 unspecified atom stereocenters. The van der Waals surface area contributed by atoms with Gasteiger partial charge in [-0.05, 0) is 37.5 Å². The van der Waals surface area contributed by atoms with Crippen molar-refractivity contribution in [2.45, 2.75) is 26.7 Å². The van der Waals surface area contributed by atoms with Gasteiger partial charge in [0.25, 0.3) is 0 Å². The van der Waals surface area contributed by atoms with Crippen LogP contribution in [0.1, 0.15) is 42.6 Å². The molecule has 0 amide bonds. The van der Waals surface area contributed by atoms with Gasteiger partial charge in [-0.25, -0.2) is 0 Å². The monoisotopic (exact) mass is 242 g/mol. The first kappa shape index (κ1) is 12.6. The predicted molar refractivity (Wildman–Crippen MR) is 71.8 cm³/mol. The maximum atomic E-state index is 11.7. The van der Waals surface area contributed by atoms with Crippen LogP contribution in [0.25, 0.3) is 0 Å². The summed E-state index contributed by atoms with van der Waals surface area (Å²) in [6.07, 6.45) is 2.34. The van der Waals surface area contributed by atoms with E-state index in [0.29, 0.717) is 11.5 Å². The maximum Gasteiger partial charge on any atom is 0.161 e. The van der Waals surface area contributed by atoms with Crippen LogP contribution >= 0.6 is 0 Å². The molecule has 1 atom stereocenters. The van der Waals surface area contributed by atoms with Gasteiger partial charge in [-0.3, -0.25) is 4.79 Å². The normalized spacial score (nSPS) is 18.7.